The standard InChI is InChI=1S/C18H18N2O/c1-21-18(13-6-3-2-4-7-13)17(19)15-9-10-16-14(12-15)8-5-11-20-16/h2-12,17-18H,19H2,1H3. The third-order valence-electron chi connectivity index (χ3n) is 3.72. The molecule has 0 bridgehead atoms. The Morgan fingerprint density at radius 2 is 1.76 bits per heavy atom. The van der Waals surface area contributed by atoms with Crippen molar-refractivity contribution < 1.29 is 4.74 Å². The molecule has 3 aromatic rings. The lowest BCUT2D eigenvalue weighted by Crippen LogP contribution is -2.21. The summed E-state index contributed by atoms with van der Waals surface area (Å²) in [6.07, 6.45) is 1.63. The Morgan fingerprint density at radius 3 is 2.52 bits per heavy atom. The van der Waals surface area contributed by atoms with Gasteiger partial charge in [-0.1, -0.05) is 42.5 Å². The first-order chi connectivity index (χ1) is 10.3. The van der Waals surface area contributed by atoms with Crippen LogP contribution in [0, 0.1) is 0 Å². The van der Waals surface area contributed by atoms with E-state index in [2.05, 4.69) is 11.1 Å². The number of hydrogen-bond donors (Lipinski definition) is 1. The van der Waals surface area contributed by atoms with Crippen molar-refractivity contribution in [3.63, 3.8) is 0 Å². The Hall–Kier alpha value is -2.23. The molecule has 0 aliphatic heterocycles. The van der Waals surface area contributed by atoms with E-state index in [9.17, 15) is 0 Å². The summed E-state index contributed by atoms with van der Waals surface area (Å²) in [5.41, 5.74) is 9.53. The molecule has 0 saturated heterocycles. The van der Waals surface area contributed by atoms with Gasteiger partial charge in [-0.15, -0.1) is 0 Å². The Balaban J connectivity index is 1.96. The molecule has 2 N–H and O–H groups in total. The van der Waals surface area contributed by atoms with Gasteiger partial charge in [0.1, 0.15) is 6.10 Å². The van der Waals surface area contributed by atoms with E-state index in [1.165, 1.54) is 0 Å². The van der Waals surface area contributed by atoms with Gasteiger partial charge in [0.05, 0.1) is 11.6 Å². The number of nitrogens with zero attached hydrogens (tertiary/aromatic N) is 1. The second-order valence-corrected chi connectivity index (χ2v) is 5.05. The molecule has 3 nitrogen and oxygen atoms in total. The number of hydrogen-bond acceptors (Lipinski definition) is 3. The van der Waals surface area contributed by atoms with Gasteiger partial charge in [-0.3, -0.25) is 4.98 Å². The molecule has 0 spiro atoms. The molecule has 1 aromatic heterocycles. The number of aromatic nitrogens is 1. The van der Waals surface area contributed by atoms with E-state index >= 15 is 0 Å². The van der Waals surface area contributed by atoms with Gasteiger partial charge in [0.25, 0.3) is 0 Å². The number of pyridine rings is 1. The van der Waals surface area contributed by atoms with E-state index < -0.39 is 0 Å². The fraction of sp³-hybridized carbons (Fsp3) is 0.167. The quantitative estimate of drug-likeness (QED) is 0.793. The van der Waals surface area contributed by atoms with E-state index in [1.807, 2.05) is 54.6 Å². The molecular formula is C18H18N2O. The van der Waals surface area contributed by atoms with Crippen molar-refractivity contribution in [2.75, 3.05) is 7.11 Å². The second kappa shape index (κ2) is 6.04. The number of rotatable bonds is 4. The fourth-order valence-corrected chi connectivity index (χ4v) is 2.61. The molecule has 0 aliphatic carbocycles. The third kappa shape index (κ3) is 2.79. The van der Waals surface area contributed by atoms with Crippen LogP contribution in [0.1, 0.15) is 23.3 Å². The van der Waals surface area contributed by atoms with Gasteiger partial charge in [0, 0.05) is 18.7 Å². The first kappa shape index (κ1) is 13.7. The molecule has 1 heterocycles. The number of ether oxygens (including phenoxy) is 1. The van der Waals surface area contributed by atoms with Crippen molar-refractivity contribution in [2.45, 2.75) is 12.1 Å². The summed E-state index contributed by atoms with van der Waals surface area (Å²) in [6.45, 7) is 0. The smallest absolute Gasteiger partial charge is 0.101 e. The summed E-state index contributed by atoms with van der Waals surface area (Å²) in [5, 5.41) is 1.09. The molecular weight excluding hydrogens is 260 g/mol. The van der Waals surface area contributed by atoms with Crippen LogP contribution in [0.5, 0.6) is 0 Å². The average Bonchev–Trinajstić information content (AvgIpc) is 2.56. The van der Waals surface area contributed by atoms with E-state index in [0.717, 1.165) is 22.0 Å². The third-order valence-corrected chi connectivity index (χ3v) is 3.72. The lowest BCUT2D eigenvalue weighted by atomic mass is 9.95. The summed E-state index contributed by atoms with van der Waals surface area (Å²) in [6, 6.07) is 19.9. The van der Waals surface area contributed by atoms with Crippen LogP contribution in [-0.4, -0.2) is 12.1 Å². The summed E-state index contributed by atoms with van der Waals surface area (Å²) < 4.78 is 5.62. The van der Waals surface area contributed by atoms with Crippen molar-refractivity contribution in [2.24, 2.45) is 5.73 Å². The lowest BCUT2D eigenvalue weighted by Gasteiger charge is -2.23. The molecule has 2 atom stereocenters. The van der Waals surface area contributed by atoms with Gasteiger partial charge < -0.3 is 10.5 Å². The van der Waals surface area contributed by atoms with Crippen molar-refractivity contribution >= 4 is 10.9 Å². The zero-order valence-electron chi connectivity index (χ0n) is 11.9. The van der Waals surface area contributed by atoms with Crippen molar-refractivity contribution in [3.8, 4) is 0 Å². The van der Waals surface area contributed by atoms with E-state index in [0.29, 0.717) is 0 Å². The zero-order chi connectivity index (χ0) is 14.7. The molecule has 2 unspecified atom stereocenters. The second-order valence-electron chi connectivity index (χ2n) is 5.05. The number of methoxy groups -OCH3 is 1. The molecule has 106 valence electrons. The van der Waals surface area contributed by atoms with Crippen LogP contribution in [0.2, 0.25) is 0 Å². The van der Waals surface area contributed by atoms with Crippen LogP contribution < -0.4 is 5.73 Å². The molecule has 0 amide bonds. The average molecular weight is 278 g/mol. The molecule has 0 saturated carbocycles. The van der Waals surface area contributed by atoms with Gasteiger partial charge in [0.2, 0.25) is 0 Å². The number of fused-ring (bicyclic) bond motifs is 1. The SMILES string of the molecule is COC(c1ccccc1)C(N)c1ccc2ncccc2c1. The predicted molar refractivity (Wildman–Crippen MR) is 84.9 cm³/mol. The zero-order valence-corrected chi connectivity index (χ0v) is 11.9. The monoisotopic (exact) mass is 278 g/mol. The number of benzene rings is 2. The molecule has 21 heavy (non-hydrogen) atoms. The van der Waals surface area contributed by atoms with Crippen molar-refractivity contribution in [1.29, 1.82) is 0 Å². The minimum absolute atomic E-state index is 0.166. The predicted octanol–water partition coefficient (Wildman–Crippen LogP) is 3.62. The van der Waals surface area contributed by atoms with Gasteiger partial charge in [-0.25, -0.2) is 0 Å². The molecule has 3 rings (SSSR count). The maximum absolute atomic E-state index is 6.43. The van der Waals surface area contributed by atoms with Gasteiger partial charge >= 0.3 is 0 Å². The van der Waals surface area contributed by atoms with E-state index in [4.69, 9.17) is 10.5 Å². The normalized spacial score (nSPS) is 14.0. The van der Waals surface area contributed by atoms with Gasteiger partial charge in [-0.2, -0.15) is 0 Å². The Kier molecular flexibility index (Phi) is 3.95. The van der Waals surface area contributed by atoms with Crippen LogP contribution in [0.15, 0.2) is 66.9 Å². The Morgan fingerprint density at radius 1 is 0.952 bits per heavy atom. The first-order valence-corrected chi connectivity index (χ1v) is 6.97. The molecule has 3 heteroatoms. The van der Waals surface area contributed by atoms with E-state index in [-0.39, 0.29) is 12.1 Å². The minimum Gasteiger partial charge on any atom is -0.375 e. The molecule has 0 aliphatic rings. The van der Waals surface area contributed by atoms with Crippen molar-refractivity contribution in [1.82, 2.24) is 4.98 Å². The minimum atomic E-state index is -0.220. The molecule has 0 fully saturated rings. The van der Waals surface area contributed by atoms with Crippen molar-refractivity contribution in [3.05, 3.63) is 78.0 Å². The van der Waals surface area contributed by atoms with Gasteiger partial charge in [-0.05, 0) is 29.3 Å². The highest BCUT2D eigenvalue weighted by Gasteiger charge is 2.21. The largest absolute Gasteiger partial charge is 0.375 e. The summed E-state index contributed by atoms with van der Waals surface area (Å²) in [5.74, 6) is 0. The highest BCUT2D eigenvalue weighted by Crippen LogP contribution is 2.30. The maximum atomic E-state index is 6.43. The summed E-state index contributed by atoms with van der Waals surface area (Å²) in [7, 11) is 1.69. The van der Waals surface area contributed by atoms with Crippen LogP contribution in [-0.2, 0) is 4.74 Å². The van der Waals surface area contributed by atoms with Crippen LogP contribution in [0.3, 0.4) is 0 Å². The molecule has 2 aromatic carbocycles. The maximum Gasteiger partial charge on any atom is 0.101 e. The Bertz CT molecular complexity index is 727. The van der Waals surface area contributed by atoms with Crippen LogP contribution >= 0.6 is 0 Å². The summed E-state index contributed by atoms with van der Waals surface area (Å²) >= 11 is 0. The topological polar surface area (TPSA) is 48.1 Å². The van der Waals surface area contributed by atoms with Crippen LogP contribution in [0.4, 0.5) is 0 Å². The summed E-state index contributed by atoms with van der Waals surface area (Å²) in [4.78, 5) is 4.33. The number of nitrogens with two attached hydrogens (primary N) is 1. The fourth-order valence-electron chi connectivity index (χ4n) is 2.61. The lowest BCUT2D eigenvalue weighted by molar-refractivity contribution is 0.0802. The highest BCUT2D eigenvalue weighted by molar-refractivity contribution is 5.79. The molecule has 0 radical (unpaired) electrons. The highest BCUT2D eigenvalue weighted by atomic mass is 16.5. The van der Waals surface area contributed by atoms with Crippen LogP contribution in [0.25, 0.3) is 10.9 Å². The van der Waals surface area contributed by atoms with Gasteiger partial charge in [0.15, 0.2) is 0 Å². The Labute approximate surface area is 124 Å². The first-order valence-electron chi connectivity index (χ1n) is 6.97. The van der Waals surface area contributed by atoms with E-state index in [1.54, 1.807) is 13.3 Å².